The van der Waals surface area contributed by atoms with E-state index in [1.807, 2.05) is 29.2 Å². The fraction of sp³-hybridized carbons (Fsp3) is 0.450. The van der Waals surface area contributed by atoms with Crippen LogP contribution >= 0.6 is 11.6 Å². The summed E-state index contributed by atoms with van der Waals surface area (Å²) in [5.41, 5.74) is 0.932. The molecule has 4 rings (SSSR count). The first-order valence-electron chi connectivity index (χ1n) is 9.47. The molecular weight excluding hydrogens is 364 g/mol. The molecular formula is C20H23ClN4O2. The van der Waals surface area contributed by atoms with Crippen LogP contribution in [0.1, 0.15) is 37.7 Å². The van der Waals surface area contributed by atoms with Crippen molar-refractivity contribution in [3.05, 3.63) is 47.1 Å². The standard InChI is InChI=1S/C20H23ClN4O2/c21-17-8-4-1-5-14(17)13-25-18(9-10-22-25)23-20(27)15-11-19(26)24(12-15)16-6-2-3-7-16/h1,4-5,8-10,15-16H,2-3,6-7,11-13H2,(H,23,27)/t15-/m1/s1. The number of nitrogens with one attached hydrogen (secondary N) is 1. The number of hydrogen-bond donors (Lipinski definition) is 1. The van der Waals surface area contributed by atoms with Gasteiger partial charge in [0.05, 0.1) is 18.7 Å². The van der Waals surface area contributed by atoms with Crippen LogP contribution in [-0.4, -0.2) is 39.1 Å². The van der Waals surface area contributed by atoms with Crippen molar-refractivity contribution < 1.29 is 9.59 Å². The van der Waals surface area contributed by atoms with Crippen molar-refractivity contribution in [1.29, 1.82) is 0 Å². The molecule has 2 fully saturated rings. The van der Waals surface area contributed by atoms with Gasteiger partial charge in [0.15, 0.2) is 0 Å². The zero-order valence-corrected chi connectivity index (χ0v) is 15.9. The van der Waals surface area contributed by atoms with Crippen molar-refractivity contribution in [1.82, 2.24) is 14.7 Å². The van der Waals surface area contributed by atoms with Crippen LogP contribution in [0.3, 0.4) is 0 Å². The molecule has 1 aromatic heterocycles. The van der Waals surface area contributed by atoms with Gasteiger partial charge in [-0.05, 0) is 24.5 Å². The second-order valence-corrected chi connectivity index (χ2v) is 7.75. The molecule has 1 atom stereocenters. The van der Waals surface area contributed by atoms with Gasteiger partial charge >= 0.3 is 0 Å². The Hall–Kier alpha value is -2.34. The highest BCUT2D eigenvalue weighted by atomic mass is 35.5. The maximum Gasteiger partial charge on any atom is 0.230 e. The number of hydrogen-bond acceptors (Lipinski definition) is 3. The number of carbonyl (C=O) groups is 2. The van der Waals surface area contributed by atoms with Crippen molar-refractivity contribution >= 4 is 29.2 Å². The Bertz CT molecular complexity index is 844. The second-order valence-electron chi connectivity index (χ2n) is 7.34. The van der Waals surface area contributed by atoms with Crippen molar-refractivity contribution in [3.8, 4) is 0 Å². The highest BCUT2D eigenvalue weighted by molar-refractivity contribution is 6.31. The highest BCUT2D eigenvalue weighted by Gasteiger charge is 2.38. The first-order valence-corrected chi connectivity index (χ1v) is 9.85. The molecule has 1 saturated carbocycles. The topological polar surface area (TPSA) is 67.2 Å². The monoisotopic (exact) mass is 386 g/mol. The maximum absolute atomic E-state index is 12.7. The third kappa shape index (κ3) is 3.86. The molecule has 2 amide bonds. The summed E-state index contributed by atoms with van der Waals surface area (Å²) in [4.78, 5) is 27.0. The van der Waals surface area contributed by atoms with Gasteiger partial charge in [0.2, 0.25) is 11.8 Å². The average Bonchev–Trinajstić information content (AvgIpc) is 3.38. The number of benzene rings is 1. The van der Waals surface area contributed by atoms with Gasteiger partial charge in [-0.1, -0.05) is 42.6 Å². The van der Waals surface area contributed by atoms with Crippen LogP contribution < -0.4 is 5.32 Å². The Morgan fingerprint density at radius 3 is 2.78 bits per heavy atom. The molecule has 1 aromatic carbocycles. The van der Waals surface area contributed by atoms with Gasteiger partial charge < -0.3 is 10.2 Å². The van der Waals surface area contributed by atoms with Gasteiger partial charge in [-0.3, -0.25) is 9.59 Å². The van der Waals surface area contributed by atoms with Gasteiger partial charge in [0, 0.05) is 30.1 Å². The van der Waals surface area contributed by atoms with E-state index in [1.54, 1.807) is 16.9 Å². The van der Waals surface area contributed by atoms with E-state index < -0.39 is 0 Å². The van der Waals surface area contributed by atoms with Crippen LogP contribution in [-0.2, 0) is 16.1 Å². The summed E-state index contributed by atoms with van der Waals surface area (Å²) in [5.74, 6) is 0.296. The zero-order chi connectivity index (χ0) is 18.8. The summed E-state index contributed by atoms with van der Waals surface area (Å²) in [6.45, 7) is 0.994. The summed E-state index contributed by atoms with van der Waals surface area (Å²) < 4.78 is 1.71. The third-order valence-corrected chi connectivity index (χ3v) is 5.91. The van der Waals surface area contributed by atoms with E-state index >= 15 is 0 Å². The Morgan fingerprint density at radius 2 is 2.00 bits per heavy atom. The van der Waals surface area contributed by atoms with E-state index in [0.29, 0.717) is 36.4 Å². The van der Waals surface area contributed by atoms with Gasteiger partial charge in [-0.15, -0.1) is 0 Å². The van der Waals surface area contributed by atoms with Crippen LogP contribution in [0, 0.1) is 5.92 Å². The lowest BCUT2D eigenvalue weighted by Gasteiger charge is -2.23. The van der Waals surface area contributed by atoms with Crippen LogP contribution in [0.15, 0.2) is 36.5 Å². The quantitative estimate of drug-likeness (QED) is 0.857. The molecule has 1 N–H and O–H groups in total. The normalized spacial score (nSPS) is 20.4. The number of rotatable bonds is 5. The molecule has 2 heterocycles. The lowest BCUT2D eigenvalue weighted by atomic mass is 10.1. The molecule has 0 spiro atoms. The lowest BCUT2D eigenvalue weighted by molar-refractivity contribution is -0.129. The third-order valence-electron chi connectivity index (χ3n) is 5.54. The van der Waals surface area contributed by atoms with E-state index in [4.69, 9.17) is 11.6 Å². The SMILES string of the molecule is O=C(Nc1ccnn1Cc1ccccc1Cl)[C@@H]1CC(=O)N(C2CCCC2)C1. The van der Waals surface area contributed by atoms with Crippen LogP contribution in [0.5, 0.6) is 0 Å². The Kier molecular flexibility index (Phi) is 5.16. The van der Waals surface area contributed by atoms with Gasteiger partial charge in [0.1, 0.15) is 5.82 Å². The molecule has 27 heavy (non-hydrogen) atoms. The van der Waals surface area contributed by atoms with Gasteiger partial charge in [-0.2, -0.15) is 5.10 Å². The van der Waals surface area contributed by atoms with E-state index in [2.05, 4.69) is 10.4 Å². The predicted octanol–water partition coefficient (Wildman–Crippen LogP) is 3.31. The smallest absolute Gasteiger partial charge is 0.230 e. The molecule has 1 aliphatic carbocycles. The summed E-state index contributed by atoms with van der Waals surface area (Å²) in [6, 6.07) is 9.65. The van der Waals surface area contributed by atoms with Crippen molar-refractivity contribution in [3.63, 3.8) is 0 Å². The number of likely N-dealkylation sites (tertiary alicyclic amines) is 1. The zero-order valence-electron chi connectivity index (χ0n) is 15.1. The summed E-state index contributed by atoms with van der Waals surface area (Å²) in [5, 5.41) is 7.90. The van der Waals surface area contributed by atoms with E-state index in [-0.39, 0.29) is 17.7 Å². The van der Waals surface area contributed by atoms with Crippen molar-refractivity contribution in [2.45, 2.75) is 44.7 Å². The molecule has 0 radical (unpaired) electrons. The van der Waals surface area contributed by atoms with E-state index in [1.165, 1.54) is 12.8 Å². The molecule has 2 aromatic rings. The number of aromatic nitrogens is 2. The fourth-order valence-corrected chi connectivity index (χ4v) is 4.25. The number of anilines is 1. The minimum atomic E-state index is -0.304. The minimum Gasteiger partial charge on any atom is -0.339 e. The lowest BCUT2D eigenvalue weighted by Crippen LogP contribution is -2.35. The number of nitrogens with zero attached hydrogens (tertiary/aromatic N) is 3. The molecule has 2 aliphatic rings. The second kappa shape index (κ2) is 7.72. The number of halogens is 1. The molecule has 0 unspecified atom stereocenters. The Labute approximate surface area is 163 Å². The van der Waals surface area contributed by atoms with Crippen molar-refractivity contribution in [2.75, 3.05) is 11.9 Å². The molecule has 0 bridgehead atoms. The molecule has 1 saturated heterocycles. The first kappa shape index (κ1) is 18.0. The van der Waals surface area contributed by atoms with Gasteiger partial charge in [0.25, 0.3) is 0 Å². The van der Waals surface area contributed by atoms with Crippen LogP contribution in [0.25, 0.3) is 0 Å². The average molecular weight is 387 g/mol. The number of amides is 2. The number of carbonyl (C=O) groups excluding carboxylic acids is 2. The summed E-state index contributed by atoms with van der Waals surface area (Å²) >= 11 is 6.23. The van der Waals surface area contributed by atoms with Crippen molar-refractivity contribution in [2.24, 2.45) is 5.92 Å². The van der Waals surface area contributed by atoms with E-state index in [0.717, 1.165) is 18.4 Å². The summed E-state index contributed by atoms with van der Waals surface area (Å²) in [7, 11) is 0. The molecule has 7 heteroatoms. The largest absolute Gasteiger partial charge is 0.339 e. The Balaban J connectivity index is 1.41. The molecule has 1 aliphatic heterocycles. The Morgan fingerprint density at radius 1 is 1.22 bits per heavy atom. The van der Waals surface area contributed by atoms with E-state index in [9.17, 15) is 9.59 Å². The van der Waals surface area contributed by atoms with Gasteiger partial charge in [-0.25, -0.2) is 4.68 Å². The minimum absolute atomic E-state index is 0.103. The summed E-state index contributed by atoms with van der Waals surface area (Å²) in [6.07, 6.45) is 6.41. The molecule has 6 nitrogen and oxygen atoms in total. The van der Waals surface area contributed by atoms with Crippen LogP contribution in [0.2, 0.25) is 5.02 Å². The van der Waals surface area contributed by atoms with Crippen LogP contribution in [0.4, 0.5) is 5.82 Å². The predicted molar refractivity (Wildman–Crippen MR) is 103 cm³/mol. The first-order chi connectivity index (χ1) is 13.1. The fourth-order valence-electron chi connectivity index (χ4n) is 4.06. The highest BCUT2D eigenvalue weighted by Crippen LogP contribution is 2.30. The molecule has 142 valence electrons. The maximum atomic E-state index is 12.7.